The summed E-state index contributed by atoms with van der Waals surface area (Å²) in [4.78, 5) is 27.3. The highest BCUT2D eigenvalue weighted by Crippen LogP contribution is 2.26. The first-order valence-corrected chi connectivity index (χ1v) is 12.6. The van der Waals surface area contributed by atoms with Crippen molar-refractivity contribution in [1.82, 2.24) is 10.2 Å². The maximum Gasteiger partial charge on any atom is 0.264 e. The number of ether oxygens (including phenoxy) is 1. The third-order valence-electron chi connectivity index (χ3n) is 5.65. The van der Waals surface area contributed by atoms with Crippen molar-refractivity contribution in [2.45, 2.75) is 24.4 Å². The summed E-state index contributed by atoms with van der Waals surface area (Å²) in [6.45, 7) is 0.964. The largest absolute Gasteiger partial charge is 0.497 e. The van der Waals surface area contributed by atoms with E-state index in [1.807, 2.05) is 0 Å². The third-order valence-corrected chi connectivity index (χ3v) is 7.44. The number of nitrogens with zero attached hydrogens (tertiary/aromatic N) is 2. The summed E-state index contributed by atoms with van der Waals surface area (Å²) in [5.74, 6) is -0.943. The van der Waals surface area contributed by atoms with E-state index in [0.29, 0.717) is 11.3 Å². The molecule has 36 heavy (non-hydrogen) atoms. The molecule has 3 rings (SSSR count). The van der Waals surface area contributed by atoms with Gasteiger partial charge < -0.3 is 15.0 Å². The van der Waals surface area contributed by atoms with Crippen LogP contribution in [0.2, 0.25) is 0 Å². The number of hydrogen-bond acceptors (Lipinski definition) is 5. The van der Waals surface area contributed by atoms with Crippen molar-refractivity contribution in [2.75, 3.05) is 25.0 Å². The van der Waals surface area contributed by atoms with Crippen molar-refractivity contribution >= 4 is 27.5 Å². The molecule has 1 atom stereocenters. The highest BCUT2D eigenvalue weighted by Gasteiger charge is 2.32. The molecule has 0 saturated carbocycles. The van der Waals surface area contributed by atoms with Crippen LogP contribution in [0.1, 0.15) is 12.5 Å². The number of amides is 2. The summed E-state index contributed by atoms with van der Waals surface area (Å²) in [6.07, 6.45) is 0. The highest BCUT2D eigenvalue weighted by molar-refractivity contribution is 7.92. The van der Waals surface area contributed by atoms with E-state index in [-0.39, 0.29) is 17.1 Å². The number of carbonyl (C=O) groups is 2. The van der Waals surface area contributed by atoms with Gasteiger partial charge in [0.2, 0.25) is 11.8 Å². The van der Waals surface area contributed by atoms with Crippen LogP contribution in [0.25, 0.3) is 0 Å². The van der Waals surface area contributed by atoms with Gasteiger partial charge in [-0.1, -0.05) is 30.3 Å². The number of likely N-dealkylation sites (N-methyl/N-ethyl adjacent to an activating group) is 1. The Bertz CT molecular complexity index is 1280. The van der Waals surface area contributed by atoms with Gasteiger partial charge >= 0.3 is 0 Å². The average molecular weight is 514 g/mol. The number of carbonyl (C=O) groups excluding carboxylic acids is 2. The Labute approximate surface area is 210 Å². The summed E-state index contributed by atoms with van der Waals surface area (Å²) in [5, 5.41) is 2.51. The molecule has 0 saturated heterocycles. The summed E-state index contributed by atoms with van der Waals surface area (Å²) >= 11 is 0. The van der Waals surface area contributed by atoms with Crippen LogP contribution in [-0.4, -0.2) is 51.9 Å². The molecule has 10 heteroatoms. The average Bonchev–Trinajstić information content (AvgIpc) is 2.90. The lowest BCUT2D eigenvalue weighted by Crippen LogP contribution is -2.50. The van der Waals surface area contributed by atoms with Crippen LogP contribution in [0.5, 0.6) is 5.75 Å². The molecule has 3 aromatic rings. The van der Waals surface area contributed by atoms with Gasteiger partial charge in [-0.3, -0.25) is 13.9 Å². The minimum absolute atomic E-state index is 0.0121. The quantitative estimate of drug-likeness (QED) is 0.449. The molecule has 0 aliphatic rings. The molecule has 0 spiro atoms. The predicted molar refractivity (Wildman–Crippen MR) is 134 cm³/mol. The summed E-state index contributed by atoms with van der Waals surface area (Å²) < 4.78 is 46.8. The molecule has 3 aromatic carbocycles. The van der Waals surface area contributed by atoms with Crippen LogP contribution in [0, 0.1) is 5.82 Å². The number of hydrogen-bond donors (Lipinski definition) is 1. The Morgan fingerprint density at radius 2 is 1.58 bits per heavy atom. The fourth-order valence-electron chi connectivity index (χ4n) is 3.57. The lowest BCUT2D eigenvalue weighted by Gasteiger charge is -2.31. The Morgan fingerprint density at radius 1 is 0.972 bits per heavy atom. The zero-order valence-corrected chi connectivity index (χ0v) is 21.0. The molecule has 0 fully saturated rings. The van der Waals surface area contributed by atoms with Gasteiger partial charge in [0, 0.05) is 13.6 Å². The van der Waals surface area contributed by atoms with Crippen LogP contribution in [0.15, 0.2) is 83.8 Å². The Hall–Kier alpha value is -3.92. The van der Waals surface area contributed by atoms with Crippen molar-refractivity contribution in [3.8, 4) is 5.75 Å². The predicted octanol–water partition coefficient (Wildman–Crippen LogP) is 3.19. The van der Waals surface area contributed by atoms with E-state index in [9.17, 15) is 22.4 Å². The van der Waals surface area contributed by atoms with Crippen molar-refractivity contribution in [3.05, 3.63) is 90.2 Å². The third kappa shape index (κ3) is 6.19. The highest BCUT2D eigenvalue weighted by atomic mass is 32.2. The lowest BCUT2D eigenvalue weighted by molar-refractivity contribution is -0.139. The Morgan fingerprint density at radius 3 is 2.14 bits per heavy atom. The first kappa shape index (κ1) is 26.7. The number of halogens is 1. The van der Waals surface area contributed by atoms with Crippen molar-refractivity contribution in [3.63, 3.8) is 0 Å². The minimum Gasteiger partial charge on any atom is -0.497 e. The molecule has 190 valence electrons. The number of anilines is 1. The van der Waals surface area contributed by atoms with Crippen LogP contribution >= 0.6 is 0 Å². The Kier molecular flexibility index (Phi) is 8.65. The number of sulfonamides is 1. The van der Waals surface area contributed by atoms with E-state index in [1.54, 1.807) is 49.4 Å². The van der Waals surface area contributed by atoms with E-state index in [1.165, 1.54) is 55.5 Å². The zero-order valence-electron chi connectivity index (χ0n) is 20.2. The zero-order chi connectivity index (χ0) is 26.3. The van der Waals surface area contributed by atoms with Gasteiger partial charge in [-0.25, -0.2) is 12.8 Å². The van der Waals surface area contributed by atoms with E-state index in [0.717, 1.165) is 4.31 Å². The van der Waals surface area contributed by atoms with Gasteiger partial charge in [0.15, 0.2) is 0 Å². The first-order valence-electron chi connectivity index (χ1n) is 11.1. The molecule has 0 aliphatic carbocycles. The van der Waals surface area contributed by atoms with Crippen LogP contribution in [-0.2, 0) is 26.2 Å². The van der Waals surface area contributed by atoms with E-state index < -0.39 is 40.2 Å². The summed E-state index contributed by atoms with van der Waals surface area (Å²) in [7, 11) is -1.20. The fraction of sp³-hybridized carbons (Fsp3) is 0.231. The van der Waals surface area contributed by atoms with Gasteiger partial charge in [0.05, 0.1) is 17.7 Å². The van der Waals surface area contributed by atoms with Gasteiger partial charge in [0.1, 0.15) is 24.2 Å². The topological polar surface area (TPSA) is 96.0 Å². The molecule has 1 N–H and O–H groups in total. The van der Waals surface area contributed by atoms with E-state index in [2.05, 4.69) is 5.32 Å². The smallest absolute Gasteiger partial charge is 0.264 e. The molecule has 0 bridgehead atoms. The van der Waals surface area contributed by atoms with E-state index in [4.69, 9.17) is 4.74 Å². The molecule has 0 aliphatic heterocycles. The molecule has 0 aromatic heterocycles. The molecular weight excluding hydrogens is 485 g/mol. The van der Waals surface area contributed by atoms with Gasteiger partial charge in [-0.05, 0) is 61.0 Å². The number of rotatable bonds is 10. The van der Waals surface area contributed by atoms with Crippen LogP contribution < -0.4 is 14.4 Å². The first-order chi connectivity index (χ1) is 17.2. The molecule has 0 radical (unpaired) electrons. The Balaban J connectivity index is 2.01. The molecular formula is C26H28FN3O5S. The monoisotopic (exact) mass is 513 g/mol. The maximum atomic E-state index is 13.6. The maximum absolute atomic E-state index is 13.6. The number of benzene rings is 3. The van der Waals surface area contributed by atoms with Crippen LogP contribution in [0.3, 0.4) is 0 Å². The number of methoxy groups -OCH3 is 1. The van der Waals surface area contributed by atoms with Crippen molar-refractivity contribution in [2.24, 2.45) is 0 Å². The van der Waals surface area contributed by atoms with Crippen LogP contribution in [0.4, 0.5) is 10.1 Å². The summed E-state index contributed by atoms with van der Waals surface area (Å²) in [5.41, 5.74) is 0.838. The second-order valence-electron chi connectivity index (χ2n) is 7.96. The van der Waals surface area contributed by atoms with Gasteiger partial charge in [0.25, 0.3) is 10.0 Å². The standard InChI is InChI=1S/C26H28FN3O5S/c1-19(26(32)28-2)29(17-20-9-11-21(27)12-10-20)25(31)18-30(22-13-15-23(35-3)16-14-22)36(33,34)24-7-5-4-6-8-24/h4-16,19H,17-18H2,1-3H3,(H,28,32)/t19-/m0/s1. The molecule has 8 nitrogen and oxygen atoms in total. The SMILES string of the molecule is CNC(=O)[C@H](C)N(Cc1ccc(F)cc1)C(=O)CN(c1ccc(OC)cc1)S(=O)(=O)c1ccccc1. The lowest BCUT2D eigenvalue weighted by atomic mass is 10.1. The van der Waals surface area contributed by atoms with Crippen molar-refractivity contribution in [1.29, 1.82) is 0 Å². The second kappa shape index (κ2) is 11.7. The summed E-state index contributed by atoms with van der Waals surface area (Å²) in [6, 6.07) is 18.7. The molecule has 0 unspecified atom stereocenters. The van der Waals surface area contributed by atoms with Gasteiger partial charge in [-0.15, -0.1) is 0 Å². The number of nitrogens with one attached hydrogen (secondary N) is 1. The normalized spacial score (nSPS) is 11.9. The van der Waals surface area contributed by atoms with Gasteiger partial charge in [-0.2, -0.15) is 0 Å². The molecule has 2 amide bonds. The molecule has 0 heterocycles. The fourth-order valence-corrected chi connectivity index (χ4v) is 5.01. The second-order valence-corrected chi connectivity index (χ2v) is 9.82. The minimum atomic E-state index is -4.14. The van der Waals surface area contributed by atoms with E-state index >= 15 is 0 Å². The van der Waals surface area contributed by atoms with Crippen molar-refractivity contribution < 1.29 is 27.1 Å².